The Morgan fingerprint density at radius 3 is 2.71 bits per heavy atom. The molecule has 0 unspecified atom stereocenters. The highest BCUT2D eigenvalue weighted by Crippen LogP contribution is 2.35. The summed E-state index contributed by atoms with van der Waals surface area (Å²) >= 11 is 6.10. The number of rotatable bonds is 3. The van der Waals surface area contributed by atoms with E-state index >= 15 is 0 Å². The van der Waals surface area contributed by atoms with Crippen LogP contribution < -0.4 is 10.1 Å². The summed E-state index contributed by atoms with van der Waals surface area (Å²) in [6, 6.07) is 4.52. The van der Waals surface area contributed by atoms with Crippen molar-refractivity contribution in [3.63, 3.8) is 0 Å². The molecule has 1 heterocycles. The van der Waals surface area contributed by atoms with Gasteiger partial charge in [0.2, 0.25) is 0 Å². The molecular weight excluding hydrogens is 295 g/mol. The van der Waals surface area contributed by atoms with E-state index in [1.54, 1.807) is 6.92 Å². The molecule has 0 saturated heterocycles. The molecule has 4 nitrogen and oxygen atoms in total. The van der Waals surface area contributed by atoms with Crippen LogP contribution in [0.3, 0.4) is 0 Å². The van der Waals surface area contributed by atoms with E-state index in [2.05, 4.69) is 10.3 Å². The Hall–Kier alpha value is -2.14. The lowest BCUT2D eigenvalue weighted by atomic mass is 9.98. The van der Waals surface area contributed by atoms with Crippen molar-refractivity contribution >= 4 is 17.5 Å². The maximum absolute atomic E-state index is 14.3. The summed E-state index contributed by atoms with van der Waals surface area (Å²) in [6.45, 7) is 1.56. The molecule has 0 fully saturated rings. The summed E-state index contributed by atoms with van der Waals surface area (Å²) in [6.07, 6.45) is 1.49. The fraction of sp³-hybridized carbons (Fsp3) is 0.200. The quantitative estimate of drug-likeness (QED) is 0.947. The zero-order chi connectivity index (χ0) is 15.6. The minimum Gasteiger partial charge on any atom is -0.495 e. The molecule has 0 bridgehead atoms. The lowest BCUT2D eigenvalue weighted by molar-refractivity contribution is 0.0963. The number of carbonyl (C=O) groups excluding carboxylic acids is 1. The predicted molar refractivity (Wildman–Crippen MR) is 79.3 cm³/mol. The van der Waals surface area contributed by atoms with Crippen molar-refractivity contribution in [2.24, 2.45) is 0 Å². The average Bonchev–Trinajstić information content (AvgIpc) is 2.49. The normalized spacial score (nSPS) is 10.3. The molecule has 1 amide bonds. The summed E-state index contributed by atoms with van der Waals surface area (Å²) in [5.74, 6) is -0.483. The number of halogens is 2. The van der Waals surface area contributed by atoms with Gasteiger partial charge in [-0.3, -0.25) is 9.78 Å². The van der Waals surface area contributed by atoms with E-state index in [9.17, 15) is 9.18 Å². The first-order valence-corrected chi connectivity index (χ1v) is 6.58. The first-order chi connectivity index (χ1) is 9.99. The van der Waals surface area contributed by atoms with Crippen molar-refractivity contribution < 1.29 is 13.9 Å². The van der Waals surface area contributed by atoms with E-state index in [1.807, 2.05) is 0 Å². The summed E-state index contributed by atoms with van der Waals surface area (Å²) in [5.41, 5.74) is 1.19. The van der Waals surface area contributed by atoms with Gasteiger partial charge in [0.05, 0.1) is 23.4 Å². The van der Waals surface area contributed by atoms with Crippen LogP contribution in [0.15, 0.2) is 24.4 Å². The number of nitrogens with zero attached hydrogens (tertiary/aromatic N) is 1. The number of aromatic nitrogens is 1. The van der Waals surface area contributed by atoms with Crippen molar-refractivity contribution in [2.75, 3.05) is 14.2 Å². The lowest BCUT2D eigenvalue weighted by Gasteiger charge is -2.13. The van der Waals surface area contributed by atoms with Crippen LogP contribution in [0.1, 0.15) is 16.1 Å². The van der Waals surface area contributed by atoms with Gasteiger partial charge < -0.3 is 10.1 Å². The highest BCUT2D eigenvalue weighted by molar-refractivity contribution is 6.32. The summed E-state index contributed by atoms with van der Waals surface area (Å²) in [4.78, 5) is 15.9. The highest BCUT2D eigenvalue weighted by atomic mass is 35.5. The Bertz CT molecular complexity index is 704. The zero-order valence-electron chi connectivity index (χ0n) is 11.8. The Morgan fingerprint density at radius 2 is 2.10 bits per heavy atom. The fourth-order valence-electron chi connectivity index (χ4n) is 2.01. The van der Waals surface area contributed by atoms with E-state index in [-0.39, 0.29) is 22.7 Å². The lowest BCUT2D eigenvalue weighted by Crippen LogP contribution is -2.19. The third-order valence-corrected chi connectivity index (χ3v) is 3.41. The molecular formula is C15H14ClFN2O2. The Balaban J connectivity index is 2.75. The number of hydrogen-bond acceptors (Lipinski definition) is 3. The van der Waals surface area contributed by atoms with Gasteiger partial charge in [0, 0.05) is 18.8 Å². The molecule has 6 heteroatoms. The standard InChI is InChI=1S/C15H14ClFN2O2/c1-8-14(17)9(4-5-19-8)10-6-12(16)13(21-3)7-11(10)15(20)18-2/h4-7H,1-3H3,(H,18,20). The van der Waals surface area contributed by atoms with Crippen molar-refractivity contribution in [1.29, 1.82) is 0 Å². The van der Waals surface area contributed by atoms with Crippen molar-refractivity contribution in [1.82, 2.24) is 10.3 Å². The molecule has 21 heavy (non-hydrogen) atoms. The largest absolute Gasteiger partial charge is 0.495 e. The second kappa shape index (κ2) is 6.10. The zero-order valence-corrected chi connectivity index (χ0v) is 12.6. The van der Waals surface area contributed by atoms with Crippen LogP contribution in [-0.4, -0.2) is 25.0 Å². The first kappa shape index (κ1) is 15.3. The molecule has 1 aromatic heterocycles. The third kappa shape index (κ3) is 2.83. The highest BCUT2D eigenvalue weighted by Gasteiger charge is 2.19. The molecule has 0 saturated carbocycles. The van der Waals surface area contributed by atoms with Crippen LogP contribution in [-0.2, 0) is 0 Å². The van der Waals surface area contributed by atoms with Crippen molar-refractivity contribution in [3.8, 4) is 16.9 Å². The molecule has 0 radical (unpaired) electrons. The first-order valence-electron chi connectivity index (χ1n) is 6.20. The molecule has 0 aliphatic heterocycles. The summed E-state index contributed by atoms with van der Waals surface area (Å²) in [5, 5.41) is 2.82. The third-order valence-electron chi connectivity index (χ3n) is 3.12. The van der Waals surface area contributed by atoms with Crippen LogP contribution in [0.25, 0.3) is 11.1 Å². The number of methoxy groups -OCH3 is 1. The number of pyridine rings is 1. The van der Waals surface area contributed by atoms with Gasteiger partial charge in [-0.05, 0) is 30.7 Å². The smallest absolute Gasteiger partial charge is 0.251 e. The van der Waals surface area contributed by atoms with Gasteiger partial charge in [-0.2, -0.15) is 0 Å². The van der Waals surface area contributed by atoms with E-state index < -0.39 is 5.82 Å². The average molecular weight is 309 g/mol. The molecule has 2 aromatic rings. The topological polar surface area (TPSA) is 51.2 Å². The van der Waals surface area contributed by atoms with Crippen LogP contribution in [0.4, 0.5) is 4.39 Å². The molecule has 0 aliphatic rings. The van der Waals surface area contributed by atoms with Gasteiger partial charge in [0.15, 0.2) is 5.82 Å². The number of aryl methyl sites for hydroxylation is 1. The molecule has 1 N–H and O–H groups in total. The second-order valence-corrected chi connectivity index (χ2v) is 4.78. The molecule has 1 aromatic carbocycles. The number of ether oxygens (including phenoxy) is 1. The van der Waals surface area contributed by atoms with E-state index in [0.29, 0.717) is 16.3 Å². The number of hydrogen-bond donors (Lipinski definition) is 1. The van der Waals surface area contributed by atoms with E-state index in [4.69, 9.17) is 16.3 Å². The minimum absolute atomic E-state index is 0.252. The van der Waals surface area contributed by atoms with E-state index in [1.165, 1.54) is 38.6 Å². The van der Waals surface area contributed by atoms with Gasteiger partial charge >= 0.3 is 0 Å². The van der Waals surface area contributed by atoms with Gasteiger partial charge in [-0.25, -0.2) is 4.39 Å². The van der Waals surface area contributed by atoms with Gasteiger partial charge in [-0.15, -0.1) is 0 Å². The molecule has 0 spiro atoms. The number of carbonyl (C=O) groups is 1. The van der Waals surface area contributed by atoms with Gasteiger partial charge in [0.25, 0.3) is 5.91 Å². The fourth-order valence-corrected chi connectivity index (χ4v) is 2.25. The van der Waals surface area contributed by atoms with Crippen LogP contribution >= 0.6 is 11.6 Å². The maximum Gasteiger partial charge on any atom is 0.251 e. The maximum atomic E-state index is 14.3. The van der Waals surface area contributed by atoms with Gasteiger partial charge in [-0.1, -0.05) is 11.6 Å². The van der Waals surface area contributed by atoms with Crippen LogP contribution in [0.2, 0.25) is 5.02 Å². The Kier molecular flexibility index (Phi) is 4.43. The molecule has 110 valence electrons. The predicted octanol–water partition coefficient (Wildman–Crippen LogP) is 3.22. The number of amides is 1. The van der Waals surface area contributed by atoms with Crippen molar-refractivity contribution in [3.05, 3.63) is 46.5 Å². The summed E-state index contributed by atoms with van der Waals surface area (Å²) in [7, 11) is 2.95. The summed E-state index contributed by atoms with van der Waals surface area (Å²) < 4.78 is 19.4. The van der Waals surface area contributed by atoms with Crippen LogP contribution in [0.5, 0.6) is 5.75 Å². The van der Waals surface area contributed by atoms with Crippen LogP contribution in [0, 0.1) is 12.7 Å². The van der Waals surface area contributed by atoms with E-state index in [0.717, 1.165) is 0 Å². The van der Waals surface area contributed by atoms with Crippen molar-refractivity contribution in [2.45, 2.75) is 6.92 Å². The molecule has 0 atom stereocenters. The minimum atomic E-state index is -0.483. The Morgan fingerprint density at radius 1 is 1.38 bits per heavy atom. The second-order valence-electron chi connectivity index (χ2n) is 4.37. The molecule has 0 aliphatic carbocycles. The van der Waals surface area contributed by atoms with Gasteiger partial charge in [0.1, 0.15) is 5.75 Å². The monoisotopic (exact) mass is 308 g/mol. The number of nitrogens with one attached hydrogen (secondary N) is 1. The molecule has 2 rings (SSSR count). The Labute approximate surface area is 126 Å². The number of benzene rings is 1. The SMILES string of the molecule is CNC(=O)c1cc(OC)c(Cl)cc1-c1ccnc(C)c1F.